The van der Waals surface area contributed by atoms with Crippen molar-refractivity contribution >= 4 is 40.4 Å². The van der Waals surface area contributed by atoms with Gasteiger partial charge in [-0.3, -0.25) is 14.4 Å². The van der Waals surface area contributed by atoms with E-state index >= 15 is 0 Å². The molecule has 3 heterocycles. The Balaban J connectivity index is 1.50. The van der Waals surface area contributed by atoms with E-state index in [1.54, 1.807) is 0 Å². The first-order chi connectivity index (χ1) is 12.5. The summed E-state index contributed by atoms with van der Waals surface area (Å²) in [4.78, 5) is 39.5. The summed E-state index contributed by atoms with van der Waals surface area (Å²) in [6.07, 6.45) is 1.77. The number of amides is 3. The molecular weight excluding hydrogens is 350 g/mol. The van der Waals surface area contributed by atoms with Crippen LogP contribution in [0.3, 0.4) is 0 Å². The van der Waals surface area contributed by atoms with Crippen LogP contribution in [-0.2, 0) is 27.3 Å². The van der Waals surface area contributed by atoms with Gasteiger partial charge in [0.15, 0.2) is 0 Å². The number of aryl methyl sites for hydroxylation is 1. The van der Waals surface area contributed by atoms with Gasteiger partial charge in [-0.05, 0) is 54.5 Å². The Morgan fingerprint density at radius 3 is 2.92 bits per heavy atom. The predicted octanol–water partition coefficient (Wildman–Crippen LogP) is 2.40. The first-order valence-electron chi connectivity index (χ1n) is 8.64. The Labute approximate surface area is 155 Å². The Morgan fingerprint density at radius 2 is 2.15 bits per heavy atom. The number of rotatable bonds is 3. The summed E-state index contributed by atoms with van der Waals surface area (Å²) in [5.74, 6) is -1.47. The molecule has 2 aliphatic heterocycles. The quantitative estimate of drug-likeness (QED) is 0.816. The van der Waals surface area contributed by atoms with Crippen molar-refractivity contribution in [3.05, 3.63) is 45.6 Å². The third-order valence-corrected chi connectivity index (χ3v) is 5.76. The molecule has 1 atom stereocenters. The molecular formula is C19H19N3O3S. The van der Waals surface area contributed by atoms with Crippen LogP contribution in [0.5, 0.6) is 0 Å². The number of nitrogens with one attached hydrogen (secondary N) is 2. The summed E-state index contributed by atoms with van der Waals surface area (Å²) in [5, 5.41) is 7.21. The van der Waals surface area contributed by atoms with Crippen LogP contribution < -0.4 is 15.5 Å². The standard InChI is InChI=1S/C19H19N3O3S/c1-11-15-9-13(8-12-4-2-6-22(16(12)15)19(11)25)21-18(24)17(23)20-10-14-5-3-7-26-14/h3,5,7-9,11H,2,4,6,10H2,1H3,(H,20,23)(H,21,24)/t11-/m0/s1. The number of carbonyl (C=O) groups is 3. The maximum atomic E-state index is 12.4. The molecule has 6 nitrogen and oxygen atoms in total. The molecule has 1 aromatic heterocycles. The fourth-order valence-corrected chi connectivity index (χ4v) is 4.26. The molecule has 0 spiro atoms. The van der Waals surface area contributed by atoms with Crippen molar-refractivity contribution in [2.75, 3.05) is 16.8 Å². The zero-order valence-corrected chi connectivity index (χ0v) is 15.2. The van der Waals surface area contributed by atoms with Crippen LogP contribution in [0.15, 0.2) is 29.6 Å². The van der Waals surface area contributed by atoms with E-state index in [0.717, 1.165) is 41.1 Å². The van der Waals surface area contributed by atoms with E-state index in [1.165, 1.54) is 11.3 Å². The molecule has 0 unspecified atom stereocenters. The molecule has 7 heteroatoms. The van der Waals surface area contributed by atoms with Crippen molar-refractivity contribution in [3.8, 4) is 0 Å². The molecule has 2 N–H and O–H groups in total. The van der Waals surface area contributed by atoms with Crippen LogP contribution in [0.4, 0.5) is 11.4 Å². The smallest absolute Gasteiger partial charge is 0.313 e. The lowest BCUT2D eigenvalue weighted by Crippen LogP contribution is -2.35. The summed E-state index contributed by atoms with van der Waals surface area (Å²) in [5.41, 5.74) is 3.55. The van der Waals surface area contributed by atoms with Crippen LogP contribution in [0, 0.1) is 0 Å². The van der Waals surface area contributed by atoms with E-state index in [2.05, 4.69) is 10.6 Å². The van der Waals surface area contributed by atoms with Crippen LogP contribution in [-0.4, -0.2) is 24.3 Å². The van der Waals surface area contributed by atoms with Gasteiger partial charge in [-0.1, -0.05) is 6.07 Å². The Morgan fingerprint density at radius 1 is 1.31 bits per heavy atom. The zero-order chi connectivity index (χ0) is 18.3. The lowest BCUT2D eigenvalue weighted by molar-refractivity contribution is -0.136. The second-order valence-corrected chi connectivity index (χ2v) is 7.64. The van der Waals surface area contributed by atoms with Gasteiger partial charge in [-0.15, -0.1) is 11.3 Å². The average molecular weight is 369 g/mol. The molecule has 0 saturated carbocycles. The third kappa shape index (κ3) is 2.88. The van der Waals surface area contributed by atoms with Gasteiger partial charge in [0.05, 0.1) is 18.2 Å². The minimum Gasteiger partial charge on any atom is -0.343 e. The molecule has 0 saturated heterocycles. The largest absolute Gasteiger partial charge is 0.343 e. The molecule has 0 fully saturated rings. The molecule has 1 aromatic carbocycles. The van der Waals surface area contributed by atoms with Crippen LogP contribution in [0.2, 0.25) is 0 Å². The topological polar surface area (TPSA) is 78.5 Å². The van der Waals surface area contributed by atoms with Gasteiger partial charge >= 0.3 is 11.8 Å². The Hall–Kier alpha value is -2.67. The van der Waals surface area contributed by atoms with Gasteiger partial charge in [0.2, 0.25) is 5.91 Å². The van der Waals surface area contributed by atoms with E-state index in [1.807, 2.05) is 41.5 Å². The monoisotopic (exact) mass is 369 g/mol. The number of thiophene rings is 1. The number of carbonyl (C=O) groups excluding carboxylic acids is 3. The van der Waals surface area contributed by atoms with Crippen molar-refractivity contribution in [1.29, 1.82) is 0 Å². The van der Waals surface area contributed by atoms with Crippen LogP contribution >= 0.6 is 11.3 Å². The minimum absolute atomic E-state index is 0.109. The second-order valence-electron chi connectivity index (χ2n) is 6.60. The maximum absolute atomic E-state index is 12.4. The normalized spacial score (nSPS) is 17.8. The fourth-order valence-electron chi connectivity index (χ4n) is 3.62. The second kappa shape index (κ2) is 6.57. The summed E-state index contributed by atoms with van der Waals surface area (Å²) in [6, 6.07) is 7.49. The van der Waals surface area contributed by atoms with E-state index in [4.69, 9.17) is 0 Å². The van der Waals surface area contributed by atoms with Gasteiger partial charge in [0.25, 0.3) is 0 Å². The number of hydrogen-bond donors (Lipinski definition) is 2. The maximum Gasteiger partial charge on any atom is 0.313 e. The van der Waals surface area contributed by atoms with Crippen LogP contribution in [0.1, 0.15) is 35.3 Å². The van der Waals surface area contributed by atoms with Crippen LogP contribution in [0.25, 0.3) is 0 Å². The molecule has 2 aromatic rings. The molecule has 26 heavy (non-hydrogen) atoms. The molecule has 0 aliphatic carbocycles. The van der Waals surface area contributed by atoms with Gasteiger partial charge in [0, 0.05) is 17.1 Å². The van der Waals surface area contributed by atoms with Crippen molar-refractivity contribution in [2.45, 2.75) is 32.2 Å². The Kier molecular flexibility index (Phi) is 4.24. The SMILES string of the molecule is C[C@@H]1C(=O)N2CCCc3cc(NC(=O)C(=O)NCc4cccs4)cc1c32. The van der Waals surface area contributed by atoms with Gasteiger partial charge in [-0.25, -0.2) is 0 Å². The first-order valence-corrected chi connectivity index (χ1v) is 9.52. The summed E-state index contributed by atoms with van der Waals surface area (Å²) < 4.78 is 0. The van der Waals surface area contributed by atoms with Crippen molar-refractivity contribution in [3.63, 3.8) is 0 Å². The highest BCUT2D eigenvalue weighted by Crippen LogP contribution is 2.44. The number of benzene rings is 1. The first kappa shape index (κ1) is 16.8. The predicted molar refractivity (Wildman–Crippen MR) is 100 cm³/mol. The van der Waals surface area contributed by atoms with Crippen molar-refractivity contribution < 1.29 is 14.4 Å². The third-order valence-electron chi connectivity index (χ3n) is 4.89. The fraction of sp³-hybridized carbons (Fsp3) is 0.316. The average Bonchev–Trinajstić information content (AvgIpc) is 3.24. The van der Waals surface area contributed by atoms with E-state index < -0.39 is 11.8 Å². The van der Waals surface area contributed by atoms with Crippen molar-refractivity contribution in [2.24, 2.45) is 0 Å². The van der Waals surface area contributed by atoms with E-state index in [-0.39, 0.29) is 11.8 Å². The molecule has 0 radical (unpaired) electrons. The molecule has 4 rings (SSSR count). The van der Waals surface area contributed by atoms with Crippen molar-refractivity contribution in [1.82, 2.24) is 5.32 Å². The number of hydrogen-bond acceptors (Lipinski definition) is 4. The molecule has 2 aliphatic rings. The molecule has 134 valence electrons. The van der Waals surface area contributed by atoms with Gasteiger partial charge in [0.1, 0.15) is 0 Å². The van der Waals surface area contributed by atoms with E-state index in [0.29, 0.717) is 12.2 Å². The summed E-state index contributed by atoms with van der Waals surface area (Å²) >= 11 is 1.52. The Bertz CT molecular complexity index is 892. The number of anilines is 2. The lowest BCUT2D eigenvalue weighted by atomic mass is 9.96. The van der Waals surface area contributed by atoms with Gasteiger partial charge in [-0.2, -0.15) is 0 Å². The minimum atomic E-state index is -0.696. The lowest BCUT2D eigenvalue weighted by Gasteiger charge is -2.26. The number of nitrogens with zero attached hydrogens (tertiary/aromatic N) is 1. The highest BCUT2D eigenvalue weighted by atomic mass is 32.1. The molecule has 0 bridgehead atoms. The zero-order valence-electron chi connectivity index (χ0n) is 14.4. The molecule has 3 amide bonds. The van der Waals surface area contributed by atoms with E-state index in [9.17, 15) is 14.4 Å². The summed E-state index contributed by atoms with van der Waals surface area (Å²) in [7, 11) is 0. The highest BCUT2D eigenvalue weighted by Gasteiger charge is 2.38. The summed E-state index contributed by atoms with van der Waals surface area (Å²) in [6.45, 7) is 2.97. The van der Waals surface area contributed by atoms with Gasteiger partial charge < -0.3 is 15.5 Å². The highest BCUT2D eigenvalue weighted by molar-refractivity contribution is 7.09.